The molecule has 8 nitrogen and oxygen atoms in total. The molecule has 0 aromatic heterocycles. The summed E-state index contributed by atoms with van der Waals surface area (Å²) in [6, 6.07) is 0. The Morgan fingerprint density at radius 2 is 1.30 bits per heavy atom. The summed E-state index contributed by atoms with van der Waals surface area (Å²) < 4.78 is 34.2. The van der Waals surface area contributed by atoms with E-state index in [0.717, 1.165) is 44.9 Å². The minimum Gasteiger partial charge on any atom is -0.457 e. The first-order valence-electron chi connectivity index (χ1n) is 15.9. The van der Waals surface area contributed by atoms with E-state index in [2.05, 4.69) is 26.0 Å². The van der Waals surface area contributed by atoms with E-state index in [1.54, 1.807) is 0 Å². The van der Waals surface area contributed by atoms with Crippen LogP contribution in [0.3, 0.4) is 0 Å². The topological polar surface area (TPSA) is 91.3 Å². The number of likely N-dealkylation sites (N-methyl/N-ethyl adjacent to an activating group) is 1. The number of phosphoric ester groups is 1. The third-order valence-corrected chi connectivity index (χ3v) is 7.56. The summed E-state index contributed by atoms with van der Waals surface area (Å²) in [5, 5.41) is 0. The number of esters is 1. The van der Waals surface area contributed by atoms with Gasteiger partial charge in [0.2, 0.25) is 0 Å². The van der Waals surface area contributed by atoms with Gasteiger partial charge in [-0.3, -0.25) is 13.8 Å². The predicted molar refractivity (Wildman–Crippen MR) is 164 cm³/mol. The molecule has 2 atom stereocenters. The third kappa shape index (κ3) is 28.8. The molecule has 0 aliphatic heterocycles. The number of hydrogen-bond acceptors (Lipinski definition) is 6. The van der Waals surface area contributed by atoms with Crippen LogP contribution in [-0.4, -0.2) is 75.6 Å². The van der Waals surface area contributed by atoms with Crippen LogP contribution in [0, 0.1) is 0 Å². The number of hydrogen-bond donors (Lipinski definition) is 1. The lowest BCUT2D eigenvalue weighted by molar-refractivity contribution is -0.870. The molecular weight excluding hydrogens is 529 g/mol. The van der Waals surface area contributed by atoms with Crippen molar-refractivity contribution in [3.8, 4) is 0 Å². The standard InChI is InChI=1S/C31H62NO7P/c1-6-8-10-11-12-13-14-15-16-17-18-19-20-21-22-24-31(33)39-30(28-36-26-23-9-7-2)29-38-40(34,35)37-27-25-32(3,4)5/h15-16,30H,6-14,17-29H2,1-5H3/p+1/b16-15-/t30-/m1/s1. The van der Waals surface area contributed by atoms with Gasteiger partial charge in [0, 0.05) is 13.0 Å². The first kappa shape index (κ1) is 39.2. The third-order valence-electron chi connectivity index (χ3n) is 6.58. The molecule has 0 aliphatic rings. The maximum atomic E-state index is 12.4. The summed E-state index contributed by atoms with van der Waals surface area (Å²) in [4.78, 5) is 22.4. The molecule has 0 fully saturated rings. The van der Waals surface area contributed by atoms with E-state index in [-0.39, 0.29) is 25.8 Å². The van der Waals surface area contributed by atoms with Gasteiger partial charge in [0.1, 0.15) is 19.3 Å². The zero-order chi connectivity index (χ0) is 30.0. The Morgan fingerprint density at radius 3 is 1.90 bits per heavy atom. The minimum atomic E-state index is -4.24. The number of carbonyl (C=O) groups excluding carboxylic acids is 1. The number of ether oxygens (including phenoxy) is 2. The SMILES string of the molecule is CCCCCCCC/C=C\CCCCCCCC(=O)O[C@H](COCCCCC)COP(=O)(O)OCC[N+](C)(C)C. The number of carbonyl (C=O) groups is 1. The monoisotopic (exact) mass is 592 g/mol. The van der Waals surface area contributed by atoms with E-state index in [4.69, 9.17) is 18.5 Å². The normalized spacial score (nSPS) is 14.4. The Morgan fingerprint density at radius 1 is 0.750 bits per heavy atom. The van der Waals surface area contributed by atoms with Crippen molar-refractivity contribution in [2.75, 3.05) is 54.1 Å². The Kier molecular flexibility index (Phi) is 25.4. The Labute approximate surface area is 246 Å². The van der Waals surface area contributed by atoms with E-state index in [9.17, 15) is 14.3 Å². The van der Waals surface area contributed by atoms with Gasteiger partial charge < -0.3 is 18.9 Å². The van der Waals surface area contributed by atoms with Crippen LogP contribution in [0.25, 0.3) is 0 Å². The van der Waals surface area contributed by atoms with E-state index in [1.807, 2.05) is 21.1 Å². The molecule has 0 heterocycles. The fraction of sp³-hybridized carbons (Fsp3) is 0.903. The molecular formula is C31H63NO7P+. The van der Waals surface area contributed by atoms with E-state index in [0.29, 0.717) is 24.1 Å². The molecule has 0 spiro atoms. The molecule has 0 aromatic carbocycles. The summed E-state index contributed by atoms with van der Waals surface area (Å²) in [6.45, 7) is 5.44. The molecule has 238 valence electrons. The molecule has 40 heavy (non-hydrogen) atoms. The van der Waals surface area contributed by atoms with Crippen molar-refractivity contribution in [1.29, 1.82) is 0 Å². The van der Waals surface area contributed by atoms with Crippen LogP contribution in [0.1, 0.15) is 123 Å². The van der Waals surface area contributed by atoms with E-state index in [1.165, 1.54) is 57.8 Å². The van der Waals surface area contributed by atoms with Crippen LogP contribution >= 0.6 is 7.82 Å². The van der Waals surface area contributed by atoms with Gasteiger partial charge in [0.15, 0.2) is 0 Å². The van der Waals surface area contributed by atoms with Gasteiger partial charge in [0.05, 0.1) is 34.4 Å². The Balaban J connectivity index is 4.15. The first-order valence-corrected chi connectivity index (χ1v) is 17.4. The molecule has 0 saturated heterocycles. The Bertz CT molecular complexity index is 667. The van der Waals surface area contributed by atoms with E-state index < -0.39 is 13.9 Å². The number of phosphoric acid groups is 1. The lowest BCUT2D eigenvalue weighted by Crippen LogP contribution is -2.37. The highest BCUT2D eigenvalue weighted by molar-refractivity contribution is 7.47. The summed E-state index contributed by atoms with van der Waals surface area (Å²) in [7, 11) is 1.66. The number of rotatable bonds is 29. The largest absolute Gasteiger partial charge is 0.472 e. The molecule has 0 rings (SSSR count). The van der Waals surface area contributed by atoms with Crippen LogP contribution < -0.4 is 0 Å². The second-order valence-electron chi connectivity index (χ2n) is 11.8. The summed E-state index contributed by atoms with van der Waals surface area (Å²) in [6.07, 6.45) is 22.9. The van der Waals surface area contributed by atoms with Gasteiger partial charge in [-0.05, 0) is 38.5 Å². The lowest BCUT2D eigenvalue weighted by atomic mass is 10.1. The summed E-state index contributed by atoms with van der Waals surface area (Å²) in [5.74, 6) is -0.331. The van der Waals surface area contributed by atoms with Gasteiger partial charge in [-0.2, -0.15) is 0 Å². The van der Waals surface area contributed by atoms with Crippen LogP contribution in [0.5, 0.6) is 0 Å². The fourth-order valence-electron chi connectivity index (χ4n) is 4.01. The first-order chi connectivity index (χ1) is 19.1. The summed E-state index contributed by atoms with van der Waals surface area (Å²) >= 11 is 0. The van der Waals surface area contributed by atoms with Gasteiger partial charge in [-0.15, -0.1) is 0 Å². The molecule has 1 N–H and O–H groups in total. The van der Waals surface area contributed by atoms with Crippen molar-refractivity contribution in [3.05, 3.63) is 12.2 Å². The number of allylic oxidation sites excluding steroid dienone is 2. The highest BCUT2D eigenvalue weighted by Gasteiger charge is 2.26. The highest BCUT2D eigenvalue weighted by Crippen LogP contribution is 2.43. The molecule has 0 aromatic rings. The smallest absolute Gasteiger partial charge is 0.457 e. The zero-order valence-corrected chi connectivity index (χ0v) is 27.5. The van der Waals surface area contributed by atoms with Crippen molar-refractivity contribution < 1.29 is 37.3 Å². The lowest BCUT2D eigenvalue weighted by Gasteiger charge is -2.24. The van der Waals surface area contributed by atoms with Gasteiger partial charge >= 0.3 is 13.8 Å². The molecule has 0 saturated carbocycles. The number of unbranched alkanes of at least 4 members (excludes halogenated alkanes) is 13. The van der Waals surface area contributed by atoms with Crippen molar-refractivity contribution in [2.45, 2.75) is 129 Å². The number of quaternary nitrogens is 1. The maximum absolute atomic E-state index is 12.4. The molecule has 1 unspecified atom stereocenters. The molecule has 0 amide bonds. The van der Waals surface area contributed by atoms with Crippen molar-refractivity contribution >= 4 is 13.8 Å². The number of nitrogens with zero attached hydrogens (tertiary/aromatic N) is 1. The van der Waals surface area contributed by atoms with Crippen LogP contribution in [0.2, 0.25) is 0 Å². The Hall–Kier alpha value is -0.760. The second-order valence-corrected chi connectivity index (χ2v) is 13.3. The quantitative estimate of drug-likeness (QED) is 0.0309. The predicted octanol–water partition coefficient (Wildman–Crippen LogP) is 7.98. The fourth-order valence-corrected chi connectivity index (χ4v) is 4.76. The highest BCUT2D eigenvalue weighted by atomic mass is 31.2. The van der Waals surface area contributed by atoms with Crippen LogP contribution in [0.15, 0.2) is 12.2 Å². The van der Waals surface area contributed by atoms with Gasteiger partial charge in [-0.25, -0.2) is 4.57 Å². The van der Waals surface area contributed by atoms with Gasteiger partial charge in [-0.1, -0.05) is 90.2 Å². The van der Waals surface area contributed by atoms with Crippen molar-refractivity contribution in [3.63, 3.8) is 0 Å². The average Bonchev–Trinajstić information content (AvgIpc) is 2.88. The zero-order valence-electron chi connectivity index (χ0n) is 26.6. The van der Waals surface area contributed by atoms with Crippen molar-refractivity contribution in [2.24, 2.45) is 0 Å². The molecule has 0 bridgehead atoms. The molecule has 9 heteroatoms. The molecule has 0 aliphatic carbocycles. The second kappa shape index (κ2) is 25.9. The molecule has 0 radical (unpaired) electrons. The van der Waals surface area contributed by atoms with Gasteiger partial charge in [0.25, 0.3) is 0 Å². The van der Waals surface area contributed by atoms with E-state index >= 15 is 0 Å². The van der Waals surface area contributed by atoms with Crippen LogP contribution in [-0.2, 0) is 27.9 Å². The maximum Gasteiger partial charge on any atom is 0.472 e. The summed E-state index contributed by atoms with van der Waals surface area (Å²) in [5.41, 5.74) is 0. The van der Waals surface area contributed by atoms with Crippen molar-refractivity contribution in [1.82, 2.24) is 0 Å². The van der Waals surface area contributed by atoms with Crippen LogP contribution in [0.4, 0.5) is 0 Å². The minimum absolute atomic E-state index is 0.0880. The average molecular weight is 593 g/mol.